The topological polar surface area (TPSA) is 76.4 Å². The number of halogens is 3. The lowest BCUT2D eigenvalue weighted by atomic mass is 10.1. The Balaban J connectivity index is 1.15. The fourth-order valence-electron chi connectivity index (χ4n) is 5.17. The van der Waals surface area contributed by atoms with E-state index in [-0.39, 0.29) is 5.91 Å². The number of hydrogen-bond acceptors (Lipinski definition) is 8. The van der Waals surface area contributed by atoms with Gasteiger partial charge in [-0.05, 0) is 35.9 Å². The van der Waals surface area contributed by atoms with E-state index in [1.165, 1.54) is 29.2 Å². The maximum Gasteiger partial charge on any atom is 0.416 e. The van der Waals surface area contributed by atoms with E-state index < -0.39 is 11.7 Å². The van der Waals surface area contributed by atoms with E-state index >= 15 is 0 Å². The van der Waals surface area contributed by atoms with Crippen LogP contribution in [0, 0.1) is 0 Å². The Kier molecular flexibility index (Phi) is 9.08. The molecular formula is C32H29F3N6O2S2. The summed E-state index contributed by atoms with van der Waals surface area (Å²) in [6, 6.07) is 22.6. The fourth-order valence-corrected chi connectivity index (χ4v) is 6.93. The van der Waals surface area contributed by atoms with Crippen molar-refractivity contribution in [3.63, 3.8) is 0 Å². The average molecular weight is 651 g/mol. The van der Waals surface area contributed by atoms with E-state index in [1.54, 1.807) is 28.0 Å². The number of aromatic nitrogens is 4. The molecule has 0 N–H and O–H groups in total. The lowest BCUT2D eigenvalue weighted by Crippen LogP contribution is -2.49. The zero-order valence-corrected chi connectivity index (χ0v) is 25.9. The maximum absolute atomic E-state index is 13.6. The largest absolute Gasteiger partial charge is 0.495 e. The number of methoxy groups -OCH3 is 1. The van der Waals surface area contributed by atoms with Gasteiger partial charge in [-0.2, -0.15) is 13.2 Å². The van der Waals surface area contributed by atoms with Gasteiger partial charge in [-0.3, -0.25) is 9.36 Å². The van der Waals surface area contributed by atoms with Gasteiger partial charge in [0.2, 0.25) is 0 Å². The van der Waals surface area contributed by atoms with Crippen LogP contribution in [-0.2, 0) is 18.3 Å². The van der Waals surface area contributed by atoms with E-state index in [4.69, 9.17) is 4.74 Å². The summed E-state index contributed by atoms with van der Waals surface area (Å²) in [6.07, 6.45) is -4.09. The van der Waals surface area contributed by atoms with Crippen LogP contribution >= 0.6 is 23.1 Å². The summed E-state index contributed by atoms with van der Waals surface area (Å²) in [6.45, 7) is 2.47. The van der Waals surface area contributed by atoms with Gasteiger partial charge in [0.15, 0.2) is 5.16 Å². The first-order chi connectivity index (χ1) is 21.8. The van der Waals surface area contributed by atoms with Crippen molar-refractivity contribution in [2.24, 2.45) is 0 Å². The highest BCUT2D eigenvalue weighted by Crippen LogP contribution is 2.33. The summed E-state index contributed by atoms with van der Waals surface area (Å²) in [5.41, 5.74) is 1.92. The lowest BCUT2D eigenvalue weighted by molar-refractivity contribution is -0.137. The van der Waals surface area contributed by atoms with Crippen LogP contribution in [0.25, 0.3) is 5.69 Å². The Morgan fingerprint density at radius 1 is 0.956 bits per heavy atom. The highest BCUT2D eigenvalue weighted by molar-refractivity contribution is 7.98. The molecule has 0 spiro atoms. The SMILES string of the molecule is COc1ccccc1N1CCN(C(=O)c2csc(CSc3nnc(Cc4ccccc4)n3-c3cccc(C(F)(F)F)c3)n2)CC1. The molecule has 0 bridgehead atoms. The number of thioether (sulfide) groups is 1. The number of hydrogen-bond donors (Lipinski definition) is 0. The van der Waals surface area contributed by atoms with Gasteiger partial charge >= 0.3 is 6.18 Å². The molecular weight excluding hydrogens is 622 g/mol. The van der Waals surface area contributed by atoms with Gasteiger partial charge in [-0.15, -0.1) is 21.5 Å². The summed E-state index contributed by atoms with van der Waals surface area (Å²) in [5.74, 6) is 1.57. The second-order valence-corrected chi connectivity index (χ2v) is 12.2. The van der Waals surface area contributed by atoms with Gasteiger partial charge in [-0.1, -0.05) is 60.3 Å². The molecule has 1 saturated heterocycles. The highest BCUT2D eigenvalue weighted by Gasteiger charge is 2.31. The van der Waals surface area contributed by atoms with Gasteiger partial charge in [0.25, 0.3) is 5.91 Å². The van der Waals surface area contributed by atoms with E-state index in [9.17, 15) is 18.0 Å². The molecule has 2 aromatic heterocycles. The zero-order chi connectivity index (χ0) is 31.4. The molecule has 0 radical (unpaired) electrons. The van der Waals surface area contributed by atoms with Crippen LogP contribution in [0.2, 0.25) is 0 Å². The summed E-state index contributed by atoms with van der Waals surface area (Å²) < 4.78 is 47.8. The van der Waals surface area contributed by atoms with Gasteiger partial charge in [0, 0.05) is 38.0 Å². The van der Waals surface area contributed by atoms with E-state index in [0.717, 1.165) is 29.1 Å². The number of carbonyl (C=O) groups excluding carboxylic acids is 1. The van der Waals surface area contributed by atoms with Gasteiger partial charge in [-0.25, -0.2) is 4.98 Å². The van der Waals surface area contributed by atoms with Crippen LogP contribution < -0.4 is 9.64 Å². The molecule has 1 fully saturated rings. The van der Waals surface area contributed by atoms with Crippen molar-refractivity contribution in [1.29, 1.82) is 0 Å². The number of rotatable bonds is 9. The Hall–Kier alpha value is -4.36. The van der Waals surface area contributed by atoms with Crippen molar-refractivity contribution in [1.82, 2.24) is 24.6 Å². The maximum atomic E-state index is 13.6. The Morgan fingerprint density at radius 3 is 2.47 bits per heavy atom. The molecule has 1 aliphatic heterocycles. The third-order valence-electron chi connectivity index (χ3n) is 7.43. The average Bonchev–Trinajstić information content (AvgIpc) is 3.71. The van der Waals surface area contributed by atoms with Crippen molar-refractivity contribution in [3.05, 3.63) is 112 Å². The summed E-state index contributed by atoms with van der Waals surface area (Å²) in [4.78, 5) is 21.9. The molecule has 0 aliphatic carbocycles. The first kappa shape index (κ1) is 30.7. The number of nitrogens with zero attached hydrogens (tertiary/aromatic N) is 6. The lowest BCUT2D eigenvalue weighted by Gasteiger charge is -2.36. The Morgan fingerprint density at radius 2 is 1.71 bits per heavy atom. The normalized spacial score (nSPS) is 13.7. The number of para-hydroxylation sites is 2. The quantitative estimate of drug-likeness (QED) is 0.167. The van der Waals surface area contributed by atoms with Crippen LogP contribution in [0.5, 0.6) is 5.75 Å². The number of carbonyl (C=O) groups is 1. The van der Waals surface area contributed by atoms with Gasteiger partial charge < -0.3 is 14.5 Å². The second-order valence-electron chi connectivity index (χ2n) is 10.3. The molecule has 1 aliphatic rings. The van der Waals surface area contributed by atoms with Crippen LogP contribution in [-0.4, -0.2) is 63.8 Å². The summed E-state index contributed by atoms with van der Waals surface area (Å²) in [7, 11) is 1.65. The van der Waals surface area contributed by atoms with Crippen LogP contribution in [0.15, 0.2) is 89.4 Å². The minimum absolute atomic E-state index is 0.126. The molecule has 5 aromatic rings. The molecule has 6 rings (SSSR count). The molecule has 0 atom stereocenters. The first-order valence-corrected chi connectivity index (χ1v) is 16.1. The van der Waals surface area contributed by atoms with E-state index in [0.29, 0.717) is 65.7 Å². The van der Waals surface area contributed by atoms with Gasteiger partial charge in [0.05, 0.1) is 29.8 Å². The number of benzene rings is 3. The molecule has 3 aromatic carbocycles. The van der Waals surface area contributed by atoms with E-state index in [2.05, 4.69) is 20.1 Å². The fraction of sp³-hybridized carbons (Fsp3) is 0.250. The number of alkyl halides is 3. The summed E-state index contributed by atoms with van der Waals surface area (Å²) >= 11 is 2.68. The second kappa shape index (κ2) is 13.3. The van der Waals surface area contributed by atoms with Crippen LogP contribution in [0.3, 0.4) is 0 Å². The number of ether oxygens (including phenoxy) is 1. The Bertz CT molecular complexity index is 1770. The minimum Gasteiger partial charge on any atom is -0.495 e. The third-order valence-corrected chi connectivity index (χ3v) is 9.40. The molecule has 8 nitrogen and oxygen atoms in total. The zero-order valence-electron chi connectivity index (χ0n) is 24.3. The van der Waals surface area contributed by atoms with E-state index in [1.807, 2.05) is 54.6 Å². The molecule has 3 heterocycles. The monoisotopic (exact) mass is 650 g/mol. The minimum atomic E-state index is -4.48. The number of anilines is 1. The van der Waals surface area contributed by atoms with Gasteiger partial charge in [0.1, 0.15) is 22.3 Å². The molecule has 0 unspecified atom stereocenters. The molecule has 13 heteroatoms. The Labute approximate surface area is 266 Å². The molecule has 1 amide bonds. The predicted molar refractivity (Wildman–Crippen MR) is 168 cm³/mol. The van der Waals surface area contributed by atoms with Crippen LogP contribution in [0.1, 0.15) is 32.4 Å². The number of amides is 1. The predicted octanol–water partition coefficient (Wildman–Crippen LogP) is 6.60. The number of thiazole rings is 1. The smallest absolute Gasteiger partial charge is 0.416 e. The third kappa shape index (κ3) is 6.99. The van der Waals surface area contributed by atoms with Crippen molar-refractivity contribution in [2.75, 3.05) is 38.2 Å². The summed E-state index contributed by atoms with van der Waals surface area (Å²) in [5, 5.41) is 11.6. The van der Waals surface area contributed by atoms with Crippen molar-refractivity contribution in [3.8, 4) is 11.4 Å². The van der Waals surface area contributed by atoms with Crippen molar-refractivity contribution in [2.45, 2.75) is 23.5 Å². The van der Waals surface area contributed by atoms with Crippen molar-refractivity contribution < 1.29 is 22.7 Å². The molecule has 0 saturated carbocycles. The highest BCUT2D eigenvalue weighted by atomic mass is 32.2. The van der Waals surface area contributed by atoms with Crippen molar-refractivity contribution >= 4 is 34.7 Å². The molecule has 232 valence electrons. The standard InChI is InChI=1S/C32H29F3N6O2S2/c1-43-27-13-6-5-12-26(27)39-14-16-40(17-15-39)30(42)25-20-44-29(36-25)21-45-31-38-37-28(18-22-8-3-2-4-9-22)41(31)24-11-7-10-23(19-24)32(33,34)35/h2-13,19-20H,14-18,21H2,1H3. The number of piperazine rings is 1. The van der Waals surface area contributed by atoms with Crippen LogP contribution in [0.4, 0.5) is 18.9 Å². The first-order valence-electron chi connectivity index (χ1n) is 14.2. The molecule has 45 heavy (non-hydrogen) atoms.